The Morgan fingerprint density at radius 1 is 1.47 bits per heavy atom. The van der Waals surface area contributed by atoms with Gasteiger partial charge in [0.1, 0.15) is 5.82 Å². The lowest BCUT2D eigenvalue weighted by Gasteiger charge is -2.24. The van der Waals surface area contributed by atoms with Crippen molar-refractivity contribution in [2.24, 2.45) is 5.92 Å². The van der Waals surface area contributed by atoms with Crippen LogP contribution in [0.5, 0.6) is 0 Å². The zero-order valence-electron chi connectivity index (χ0n) is 8.30. The van der Waals surface area contributed by atoms with E-state index in [1.807, 2.05) is 0 Å². The number of hydrogen-bond donors (Lipinski definition) is 0. The molecular formula is C12H12ClFO. The number of Topliss-reactive ketones (excluding diaryl/α,β-unsaturated/α-hetero) is 1. The van der Waals surface area contributed by atoms with Gasteiger partial charge in [0.2, 0.25) is 0 Å². The summed E-state index contributed by atoms with van der Waals surface area (Å²) in [5.41, 5.74) is 0.323. The smallest absolute Gasteiger partial charge is 0.164 e. The van der Waals surface area contributed by atoms with Gasteiger partial charge in [-0.15, -0.1) is 0 Å². The molecule has 1 fully saturated rings. The first-order chi connectivity index (χ1) is 7.18. The minimum atomic E-state index is -0.517. The molecule has 1 saturated carbocycles. The summed E-state index contributed by atoms with van der Waals surface area (Å²) in [4.78, 5) is 11.8. The van der Waals surface area contributed by atoms with Gasteiger partial charge in [-0.2, -0.15) is 0 Å². The standard InChI is InChI=1S/C12H12ClFO/c13-12-9(5-2-6-10(12)14)11(15)7-8-3-1-4-8/h2,5-6,8H,1,3-4,7H2. The van der Waals surface area contributed by atoms with Crippen molar-refractivity contribution in [2.45, 2.75) is 25.7 Å². The van der Waals surface area contributed by atoms with Crippen molar-refractivity contribution < 1.29 is 9.18 Å². The molecule has 0 unspecified atom stereocenters. The van der Waals surface area contributed by atoms with E-state index in [-0.39, 0.29) is 10.8 Å². The molecule has 1 nitrogen and oxygen atoms in total. The first-order valence-corrected chi connectivity index (χ1v) is 5.53. The van der Waals surface area contributed by atoms with E-state index in [4.69, 9.17) is 11.6 Å². The number of hydrogen-bond acceptors (Lipinski definition) is 1. The Kier molecular flexibility index (Phi) is 3.06. The predicted molar refractivity (Wildman–Crippen MR) is 57.7 cm³/mol. The van der Waals surface area contributed by atoms with Gasteiger partial charge in [0.05, 0.1) is 5.02 Å². The molecule has 2 rings (SSSR count). The first-order valence-electron chi connectivity index (χ1n) is 5.15. The van der Waals surface area contributed by atoms with Crippen molar-refractivity contribution in [3.8, 4) is 0 Å². The van der Waals surface area contributed by atoms with Gasteiger partial charge in [0.15, 0.2) is 5.78 Å². The van der Waals surface area contributed by atoms with Gasteiger partial charge < -0.3 is 0 Å². The Morgan fingerprint density at radius 3 is 2.80 bits per heavy atom. The van der Waals surface area contributed by atoms with Gasteiger partial charge in [0, 0.05) is 12.0 Å². The van der Waals surface area contributed by atoms with Gasteiger partial charge in [-0.25, -0.2) is 4.39 Å². The quantitative estimate of drug-likeness (QED) is 0.716. The highest BCUT2D eigenvalue weighted by Crippen LogP contribution is 2.31. The lowest BCUT2D eigenvalue weighted by Crippen LogP contribution is -2.16. The Hall–Kier alpha value is -0.890. The molecule has 0 aliphatic heterocycles. The number of carbonyl (C=O) groups is 1. The molecule has 0 bridgehead atoms. The number of carbonyl (C=O) groups excluding carboxylic acids is 1. The molecule has 0 N–H and O–H groups in total. The minimum Gasteiger partial charge on any atom is -0.294 e. The van der Waals surface area contributed by atoms with E-state index in [1.54, 1.807) is 6.07 Å². The van der Waals surface area contributed by atoms with E-state index in [0.717, 1.165) is 12.8 Å². The summed E-state index contributed by atoms with van der Waals surface area (Å²) >= 11 is 5.74. The summed E-state index contributed by atoms with van der Waals surface area (Å²) in [7, 11) is 0. The third-order valence-electron chi connectivity index (χ3n) is 2.95. The molecule has 3 heteroatoms. The number of halogens is 2. The summed E-state index contributed by atoms with van der Waals surface area (Å²) in [6.07, 6.45) is 3.93. The SMILES string of the molecule is O=C(CC1CCC1)c1cccc(F)c1Cl. The Balaban J connectivity index is 2.13. The van der Waals surface area contributed by atoms with Gasteiger partial charge in [-0.05, 0) is 18.1 Å². The lowest BCUT2D eigenvalue weighted by atomic mass is 9.81. The second-order valence-electron chi connectivity index (χ2n) is 4.03. The van der Waals surface area contributed by atoms with Gasteiger partial charge >= 0.3 is 0 Å². The number of benzene rings is 1. The second-order valence-corrected chi connectivity index (χ2v) is 4.40. The van der Waals surface area contributed by atoms with Crippen LogP contribution in [0.15, 0.2) is 18.2 Å². The van der Waals surface area contributed by atoms with Crippen molar-refractivity contribution in [3.05, 3.63) is 34.6 Å². The van der Waals surface area contributed by atoms with Crippen LogP contribution in [0.4, 0.5) is 4.39 Å². The maximum atomic E-state index is 13.1. The van der Waals surface area contributed by atoms with Crippen LogP contribution in [0.1, 0.15) is 36.0 Å². The fourth-order valence-corrected chi connectivity index (χ4v) is 2.02. The van der Waals surface area contributed by atoms with Crippen molar-refractivity contribution in [3.63, 3.8) is 0 Å². The molecule has 0 spiro atoms. The van der Waals surface area contributed by atoms with Crippen LogP contribution < -0.4 is 0 Å². The van der Waals surface area contributed by atoms with Crippen LogP contribution in [0.2, 0.25) is 5.02 Å². The average Bonchev–Trinajstić information content (AvgIpc) is 2.15. The average molecular weight is 227 g/mol. The topological polar surface area (TPSA) is 17.1 Å². The van der Waals surface area contributed by atoms with Gasteiger partial charge in [-0.1, -0.05) is 36.9 Å². The molecule has 0 radical (unpaired) electrons. The van der Waals surface area contributed by atoms with Gasteiger partial charge in [-0.3, -0.25) is 4.79 Å². The van der Waals surface area contributed by atoms with E-state index >= 15 is 0 Å². The molecule has 1 aliphatic carbocycles. The van der Waals surface area contributed by atoms with Crippen LogP contribution in [0, 0.1) is 11.7 Å². The zero-order valence-corrected chi connectivity index (χ0v) is 9.06. The predicted octanol–water partition coefficient (Wildman–Crippen LogP) is 3.85. The van der Waals surface area contributed by atoms with Crippen molar-refractivity contribution >= 4 is 17.4 Å². The van der Waals surface area contributed by atoms with E-state index in [9.17, 15) is 9.18 Å². The molecule has 1 aliphatic rings. The molecule has 0 amide bonds. The van der Waals surface area contributed by atoms with Crippen LogP contribution in [-0.4, -0.2) is 5.78 Å². The molecular weight excluding hydrogens is 215 g/mol. The number of rotatable bonds is 3. The summed E-state index contributed by atoms with van der Waals surface area (Å²) in [6.45, 7) is 0. The van der Waals surface area contributed by atoms with Crippen LogP contribution in [-0.2, 0) is 0 Å². The molecule has 0 heterocycles. The Bertz CT molecular complexity index is 385. The second kappa shape index (κ2) is 4.31. The van der Waals surface area contributed by atoms with E-state index in [2.05, 4.69) is 0 Å². The largest absolute Gasteiger partial charge is 0.294 e. The third-order valence-corrected chi connectivity index (χ3v) is 3.33. The first kappa shape index (κ1) is 10.6. The summed E-state index contributed by atoms with van der Waals surface area (Å²) in [5.74, 6) is -0.0721. The molecule has 15 heavy (non-hydrogen) atoms. The van der Waals surface area contributed by atoms with E-state index in [0.29, 0.717) is 17.9 Å². The van der Waals surface area contributed by atoms with Crippen LogP contribution in [0.3, 0.4) is 0 Å². The van der Waals surface area contributed by atoms with Crippen LogP contribution in [0.25, 0.3) is 0 Å². The fraction of sp³-hybridized carbons (Fsp3) is 0.417. The fourth-order valence-electron chi connectivity index (χ4n) is 1.79. The molecule has 0 saturated heterocycles. The Labute approximate surface area is 93.2 Å². The van der Waals surface area contributed by atoms with Crippen molar-refractivity contribution in [2.75, 3.05) is 0 Å². The highest BCUT2D eigenvalue weighted by Gasteiger charge is 2.22. The zero-order chi connectivity index (χ0) is 10.8. The summed E-state index contributed by atoms with van der Waals surface area (Å²) in [6, 6.07) is 4.38. The third kappa shape index (κ3) is 2.20. The molecule has 1 aromatic carbocycles. The molecule has 1 aromatic rings. The molecule has 0 aromatic heterocycles. The van der Waals surface area contributed by atoms with E-state index in [1.165, 1.54) is 18.6 Å². The minimum absolute atomic E-state index is 0.0378. The van der Waals surface area contributed by atoms with Crippen molar-refractivity contribution in [1.82, 2.24) is 0 Å². The monoisotopic (exact) mass is 226 g/mol. The summed E-state index contributed by atoms with van der Waals surface area (Å²) < 4.78 is 13.1. The highest BCUT2D eigenvalue weighted by atomic mass is 35.5. The number of ketones is 1. The Morgan fingerprint density at radius 2 is 2.20 bits per heavy atom. The normalized spacial score (nSPS) is 16.1. The molecule has 0 atom stereocenters. The lowest BCUT2D eigenvalue weighted by molar-refractivity contribution is 0.0936. The highest BCUT2D eigenvalue weighted by molar-refractivity contribution is 6.34. The summed E-state index contributed by atoms with van der Waals surface area (Å²) in [5, 5.41) is -0.0400. The molecule has 80 valence electrons. The van der Waals surface area contributed by atoms with Gasteiger partial charge in [0.25, 0.3) is 0 Å². The van der Waals surface area contributed by atoms with Crippen LogP contribution >= 0.6 is 11.6 Å². The maximum Gasteiger partial charge on any atom is 0.164 e. The van der Waals surface area contributed by atoms with Crippen molar-refractivity contribution in [1.29, 1.82) is 0 Å². The van der Waals surface area contributed by atoms with E-state index < -0.39 is 5.82 Å². The maximum absolute atomic E-state index is 13.1.